The van der Waals surface area contributed by atoms with E-state index in [-0.39, 0.29) is 28.6 Å². The van der Waals surface area contributed by atoms with Crippen LogP contribution in [-0.2, 0) is 9.84 Å². The van der Waals surface area contributed by atoms with Crippen LogP contribution in [0.4, 0.5) is 26.2 Å². The molecule has 2 aromatic rings. The number of amides is 2. The Balaban J connectivity index is 1.56. The van der Waals surface area contributed by atoms with E-state index in [0.29, 0.717) is 31.9 Å². The number of hydrogen-bond donors (Lipinski definition) is 2. The van der Waals surface area contributed by atoms with Crippen molar-refractivity contribution in [2.75, 3.05) is 53.2 Å². The van der Waals surface area contributed by atoms with E-state index in [4.69, 9.17) is 11.6 Å². The number of halogens is 2. The molecule has 4 rings (SSSR count). The molecular weight excluding hydrogens is 431 g/mol. The van der Waals surface area contributed by atoms with Gasteiger partial charge in [-0.2, -0.15) is 0 Å². The number of urea groups is 1. The molecule has 1 saturated heterocycles. The molecule has 0 aromatic heterocycles. The Kier molecular flexibility index (Phi) is 5.86. The van der Waals surface area contributed by atoms with E-state index in [1.807, 2.05) is 24.3 Å². The topological polar surface area (TPSA) is 81.8 Å². The molecular formula is C20H22ClFN4O3S. The molecule has 1 fully saturated rings. The summed E-state index contributed by atoms with van der Waals surface area (Å²) in [4.78, 5) is 17.0. The van der Waals surface area contributed by atoms with Crippen molar-refractivity contribution in [1.29, 1.82) is 0 Å². The monoisotopic (exact) mass is 452 g/mol. The number of anilines is 3. The third-order valence-corrected chi connectivity index (χ3v) is 7.25. The molecule has 0 aliphatic carbocycles. The van der Waals surface area contributed by atoms with Crippen molar-refractivity contribution in [1.82, 2.24) is 4.90 Å². The maximum Gasteiger partial charge on any atom is 0.326 e. The van der Waals surface area contributed by atoms with Crippen molar-refractivity contribution < 1.29 is 17.6 Å². The van der Waals surface area contributed by atoms with Crippen molar-refractivity contribution in [3.63, 3.8) is 0 Å². The first-order chi connectivity index (χ1) is 14.3. The third-order valence-electron chi connectivity index (χ3n) is 5.35. The van der Waals surface area contributed by atoms with Crippen molar-refractivity contribution in [2.24, 2.45) is 0 Å². The fourth-order valence-electron chi connectivity index (χ4n) is 3.76. The van der Waals surface area contributed by atoms with Gasteiger partial charge in [0.1, 0.15) is 5.82 Å². The first-order valence-electron chi connectivity index (χ1n) is 9.63. The van der Waals surface area contributed by atoms with Crippen LogP contribution in [0.15, 0.2) is 42.5 Å². The van der Waals surface area contributed by atoms with Gasteiger partial charge in [0.25, 0.3) is 0 Å². The number of carbonyl (C=O) groups excluding carboxylic acids is 1. The number of hydrogen-bond acceptors (Lipinski definition) is 5. The quantitative estimate of drug-likeness (QED) is 0.748. The maximum absolute atomic E-state index is 13.5. The van der Waals surface area contributed by atoms with Gasteiger partial charge >= 0.3 is 6.03 Å². The molecule has 2 aliphatic rings. The van der Waals surface area contributed by atoms with Crippen molar-refractivity contribution in [3.8, 4) is 0 Å². The number of sulfone groups is 1. The predicted octanol–water partition coefficient (Wildman–Crippen LogP) is 3.04. The number of nitrogens with one attached hydrogen (secondary N) is 2. The van der Waals surface area contributed by atoms with Crippen molar-refractivity contribution in [3.05, 3.63) is 53.3 Å². The molecule has 2 heterocycles. The Hall–Kier alpha value is -2.36. The highest BCUT2D eigenvalue weighted by molar-refractivity contribution is 7.91. The fraction of sp³-hybridized carbons (Fsp3) is 0.350. The van der Waals surface area contributed by atoms with E-state index in [9.17, 15) is 17.6 Å². The third kappa shape index (κ3) is 4.53. The molecule has 0 radical (unpaired) electrons. The van der Waals surface area contributed by atoms with Gasteiger partial charge in [-0.25, -0.2) is 17.6 Å². The van der Waals surface area contributed by atoms with E-state index in [1.54, 1.807) is 4.90 Å². The molecule has 0 bridgehead atoms. The summed E-state index contributed by atoms with van der Waals surface area (Å²) in [7, 11) is -2.98. The maximum atomic E-state index is 13.5. The highest BCUT2D eigenvalue weighted by atomic mass is 35.5. The average molecular weight is 453 g/mol. The van der Waals surface area contributed by atoms with Crippen molar-refractivity contribution in [2.45, 2.75) is 6.04 Å². The normalized spacial score (nSPS) is 20.9. The number of carbonyl (C=O) groups is 1. The Morgan fingerprint density at radius 1 is 1.20 bits per heavy atom. The summed E-state index contributed by atoms with van der Waals surface area (Å²) in [5.74, 6) is -0.297. The Labute approximate surface area is 179 Å². The van der Waals surface area contributed by atoms with Crippen LogP contribution in [0.3, 0.4) is 0 Å². The van der Waals surface area contributed by atoms with Crippen LogP contribution in [0, 0.1) is 5.82 Å². The summed E-state index contributed by atoms with van der Waals surface area (Å²) in [5.41, 5.74) is 1.96. The minimum absolute atomic E-state index is 0.0698. The number of rotatable bonds is 3. The number of nitrogens with zero attached hydrogens (tertiary/aromatic N) is 2. The first-order valence-corrected chi connectivity index (χ1v) is 11.8. The lowest BCUT2D eigenvalue weighted by molar-refractivity contribution is 0.245. The zero-order valence-corrected chi connectivity index (χ0v) is 17.7. The highest BCUT2D eigenvalue weighted by Gasteiger charge is 2.33. The zero-order chi connectivity index (χ0) is 21.3. The molecule has 0 saturated carbocycles. The first kappa shape index (κ1) is 20.9. The molecule has 160 valence electrons. The van der Waals surface area contributed by atoms with Gasteiger partial charge in [-0.3, -0.25) is 9.80 Å². The average Bonchev–Trinajstić information content (AvgIpc) is 2.72. The number of para-hydroxylation sites is 2. The molecule has 2 aliphatic heterocycles. The fourth-order valence-corrected chi connectivity index (χ4v) is 5.22. The second-order valence-corrected chi connectivity index (χ2v) is 10.1. The number of benzene rings is 2. The van der Waals surface area contributed by atoms with E-state index in [0.717, 1.165) is 11.4 Å². The summed E-state index contributed by atoms with van der Waals surface area (Å²) in [6.45, 7) is 1.96. The SMILES string of the molecule is O=C(Nc1ccc(F)c(Cl)c1)N1c2ccccc2NCC1CN1CCS(=O)(=O)CC1. The Bertz CT molecular complexity index is 1050. The van der Waals surface area contributed by atoms with Gasteiger partial charge in [0, 0.05) is 31.9 Å². The van der Waals surface area contributed by atoms with Gasteiger partial charge in [0.15, 0.2) is 9.84 Å². The molecule has 0 spiro atoms. The molecule has 2 N–H and O–H groups in total. The standard InChI is InChI=1S/C20H22ClFN4O3S/c21-16-11-14(5-6-17(16)22)24-20(27)26-15(12-23-18-3-1-2-4-19(18)26)13-25-7-9-30(28,29)10-8-25/h1-6,11,15,23H,7-10,12-13H2,(H,24,27). The molecule has 1 atom stereocenters. The molecule has 2 aromatic carbocycles. The molecule has 2 amide bonds. The van der Waals surface area contributed by atoms with Gasteiger partial charge < -0.3 is 10.6 Å². The van der Waals surface area contributed by atoms with Crippen LogP contribution in [0.5, 0.6) is 0 Å². The van der Waals surface area contributed by atoms with Crippen LogP contribution in [-0.4, -0.2) is 63.1 Å². The van der Waals surface area contributed by atoms with Crippen LogP contribution in [0.25, 0.3) is 0 Å². The Morgan fingerprint density at radius 2 is 1.93 bits per heavy atom. The van der Waals surface area contributed by atoms with Crippen LogP contribution in [0.2, 0.25) is 5.02 Å². The van der Waals surface area contributed by atoms with E-state index >= 15 is 0 Å². The van der Waals surface area contributed by atoms with E-state index in [1.165, 1.54) is 18.2 Å². The van der Waals surface area contributed by atoms with Crippen molar-refractivity contribution >= 4 is 44.5 Å². The summed E-state index contributed by atoms with van der Waals surface area (Å²) in [6.07, 6.45) is 0. The Morgan fingerprint density at radius 3 is 2.67 bits per heavy atom. The summed E-state index contributed by atoms with van der Waals surface area (Å²) < 4.78 is 36.9. The van der Waals surface area contributed by atoms with Gasteiger partial charge in [0.05, 0.1) is 33.9 Å². The minimum Gasteiger partial charge on any atom is -0.381 e. The molecule has 30 heavy (non-hydrogen) atoms. The number of fused-ring (bicyclic) bond motifs is 1. The predicted molar refractivity (Wildman–Crippen MR) is 117 cm³/mol. The summed E-state index contributed by atoms with van der Waals surface area (Å²) in [5, 5.41) is 6.07. The summed E-state index contributed by atoms with van der Waals surface area (Å²) in [6, 6.07) is 10.9. The lowest BCUT2D eigenvalue weighted by atomic mass is 10.1. The second-order valence-electron chi connectivity index (χ2n) is 7.43. The molecule has 1 unspecified atom stereocenters. The lowest BCUT2D eigenvalue weighted by Gasteiger charge is -2.40. The largest absolute Gasteiger partial charge is 0.381 e. The van der Waals surface area contributed by atoms with E-state index < -0.39 is 15.7 Å². The molecule has 7 nitrogen and oxygen atoms in total. The second kappa shape index (κ2) is 8.41. The van der Waals surface area contributed by atoms with Gasteiger partial charge in [-0.1, -0.05) is 23.7 Å². The smallest absolute Gasteiger partial charge is 0.326 e. The zero-order valence-electron chi connectivity index (χ0n) is 16.1. The minimum atomic E-state index is -2.98. The van der Waals surface area contributed by atoms with Crippen LogP contribution < -0.4 is 15.5 Å². The summed E-state index contributed by atoms with van der Waals surface area (Å²) >= 11 is 5.84. The highest BCUT2D eigenvalue weighted by Crippen LogP contribution is 2.32. The van der Waals surface area contributed by atoms with Gasteiger partial charge in [-0.15, -0.1) is 0 Å². The molecule has 10 heteroatoms. The van der Waals surface area contributed by atoms with Crippen LogP contribution in [0.1, 0.15) is 0 Å². The van der Waals surface area contributed by atoms with E-state index in [2.05, 4.69) is 15.5 Å². The van der Waals surface area contributed by atoms with Gasteiger partial charge in [-0.05, 0) is 30.3 Å². The lowest BCUT2D eigenvalue weighted by Crippen LogP contribution is -2.56. The van der Waals surface area contributed by atoms with Gasteiger partial charge in [0.2, 0.25) is 0 Å². The van der Waals surface area contributed by atoms with Crippen LogP contribution >= 0.6 is 11.6 Å².